The van der Waals surface area contributed by atoms with Crippen molar-refractivity contribution in [2.45, 2.75) is 38.8 Å². The van der Waals surface area contributed by atoms with E-state index in [1.54, 1.807) is 0 Å². The first-order valence-corrected chi connectivity index (χ1v) is 9.47. The van der Waals surface area contributed by atoms with E-state index in [1.165, 1.54) is 27.8 Å². The van der Waals surface area contributed by atoms with Crippen molar-refractivity contribution in [2.24, 2.45) is 4.99 Å². The normalized spacial score (nSPS) is 22.0. The van der Waals surface area contributed by atoms with Gasteiger partial charge in [-0.15, -0.1) is 0 Å². The van der Waals surface area contributed by atoms with Gasteiger partial charge in [0.1, 0.15) is 11.4 Å². The Labute approximate surface area is 160 Å². The molecular weight excluding hydrogens is 332 g/mol. The number of aryl methyl sites for hydroxylation is 2. The summed E-state index contributed by atoms with van der Waals surface area (Å²) >= 11 is 0. The van der Waals surface area contributed by atoms with E-state index in [-0.39, 0.29) is 5.41 Å². The number of hydrogen-bond donors (Lipinski definition) is 0. The maximum Gasteiger partial charge on any atom is 0.228 e. The number of likely N-dealkylation sites (N-methyl/N-ethyl adjacent to an activating group) is 1. The number of anilines is 1. The second-order valence-electron chi connectivity index (χ2n) is 8.30. The molecule has 1 atom stereocenters. The molecule has 0 bridgehead atoms. The third-order valence-electron chi connectivity index (χ3n) is 6.44. The molecule has 0 fully saturated rings. The fourth-order valence-corrected chi connectivity index (χ4v) is 5.02. The van der Waals surface area contributed by atoms with Crippen LogP contribution in [0.5, 0.6) is 5.75 Å². The number of fused-ring (bicyclic) bond motifs is 4. The zero-order valence-electron chi connectivity index (χ0n) is 16.5. The van der Waals surface area contributed by atoms with Gasteiger partial charge in [0.25, 0.3) is 0 Å². The van der Waals surface area contributed by atoms with Crippen LogP contribution < -0.4 is 9.64 Å². The van der Waals surface area contributed by atoms with E-state index in [1.807, 2.05) is 6.21 Å². The monoisotopic (exact) mass is 356 g/mol. The fourth-order valence-electron chi connectivity index (χ4n) is 5.02. The van der Waals surface area contributed by atoms with Gasteiger partial charge in [-0.2, -0.15) is 0 Å². The van der Waals surface area contributed by atoms with Crippen LogP contribution in [-0.2, 0) is 5.41 Å². The van der Waals surface area contributed by atoms with Crippen LogP contribution in [0, 0.1) is 13.8 Å². The van der Waals surface area contributed by atoms with Crippen LogP contribution in [0.25, 0.3) is 10.8 Å². The zero-order chi connectivity index (χ0) is 19.0. The number of benzene rings is 3. The molecule has 27 heavy (non-hydrogen) atoms. The lowest BCUT2D eigenvalue weighted by Gasteiger charge is -2.45. The van der Waals surface area contributed by atoms with E-state index in [2.05, 4.69) is 88.2 Å². The van der Waals surface area contributed by atoms with E-state index in [0.717, 1.165) is 16.8 Å². The lowest BCUT2D eigenvalue weighted by Crippen LogP contribution is -2.61. The van der Waals surface area contributed by atoms with Gasteiger partial charge in [-0.05, 0) is 55.8 Å². The SMILES string of the molecule is Cc1ccc(C)c2c1N(C)[C@]1(C=Nc3c(ccc4ccccc34)O1)C2(C)C. The molecule has 3 nitrogen and oxygen atoms in total. The van der Waals surface area contributed by atoms with Crippen molar-refractivity contribution in [2.75, 3.05) is 11.9 Å². The molecule has 0 N–H and O–H groups in total. The van der Waals surface area contributed by atoms with Crippen LogP contribution in [0.3, 0.4) is 0 Å². The maximum absolute atomic E-state index is 6.79. The Kier molecular flexibility index (Phi) is 3.11. The van der Waals surface area contributed by atoms with Crippen LogP contribution in [-0.4, -0.2) is 19.0 Å². The molecule has 0 saturated carbocycles. The first-order valence-electron chi connectivity index (χ1n) is 9.47. The standard InChI is InChI=1S/C24H24N2O/c1-15-10-11-16(2)22-20(15)23(3,4)24(26(22)5)14-25-21-18-9-7-6-8-17(18)12-13-19(21)27-24/h6-14H,1-5H3/t24-/m0/s1. The minimum absolute atomic E-state index is 0.236. The lowest BCUT2D eigenvalue weighted by molar-refractivity contribution is 0.0824. The number of hydrogen-bond acceptors (Lipinski definition) is 3. The Morgan fingerprint density at radius 1 is 0.926 bits per heavy atom. The molecule has 0 amide bonds. The van der Waals surface area contributed by atoms with Gasteiger partial charge in [0, 0.05) is 18.1 Å². The summed E-state index contributed by atoms with van der Waals surface area (Å²) in [6.07, 6.45) is 2.01. The lowest BCUT2D eigenvalue weighted by atomic mass is 9.75. The number of aliphatic imine (C=N–C) groups is 1. The summed E-state index contributed by atoms with van der Waals surface area (Å²) < 4.78 is 6.79. The molecular formula is C24H24N2O. The fraction of sp³-hybridized carbons (Fsp3) is 0.292. The highest BCUT2D eigenvalue weighted by atomic mass is 16.5. The molecule has 0 aromatic heterocycles. The Morgan fingerprint density at radius 2 is 1.67 bits per heavy atom. The molecule has 1 spiro atoms. The summed E-state index contributed by atoms with van der Waals surface area (Å²) in [6, 6.07) is 16.9. The quantitative estimate of drug-likeness (QED) is 0.518. The van der Waals surface area contributed by atoms with Crippen molar-refractivity contribution in [3.63, 3.8) is 0 Å². The van der Waals surface area contributed by atoms with Crippen LogP contribution in [0.1, 0.15) is 30.5 Å². The Balaban J connectivity index is 1.74. The summed E-state index contributed by atoms with van der Waals surface area (Å²) in [5.74, 6) is 0.847. The predicted molar refractivity (Wildman–Crippen MR) is 113 cm³/mol. The zero-order valence-corrected chi connectivity index (χ0v) is 16.5. The van der Waals surface area contributed by atoms with Crippen LogP contribution >= 0.6 is 0 Å². The van der Waals surface area contributed by atoms with Crippen molar-refractivity contribution in [1.29, 1.82) is 0 Å². The molecule has 0 unspecified atom stereocenters. The van der Waals surface area contributed by atoms with Crippen LogP contribution in [0.2, 0.25) is 0 Å². The molecule has 0 radical (unpaired) electrons. The Morgan fingerprint density at radius 3 is 2.44 bits per heavy atom. The molecule has 3 heteroatoms. The van der Waals surface area contributed by atoms with Gasteiger partial charge >= 0.3 is 0 Å². The molecule has 3 aromatic rings. The van der Waals surface area contributed by atoms with Crippen molar-refractivity contribution < 1.29 is 4.74 Å². The maximum atomic E-state index is 6.79. The van der Waals surface area contributed by atoms with Gasteiger partial charge in [0.15, 0.2) is 0 Å². The first-order chi connectivity index (χ1) is 12.9. The second kappa shape index (κ2) is 5.13. The average Bonchev–Trinajstić information content (AvgIpc) is 2.83. The molecule has 2 aliphatic heterocycles. The average molecular weight is 356 g/mol. The third kappa shape index (κ3) is 1.89. The van der Waals surface area contributed by atoms with Crippen molar-refractivity contribution in [1.82, 2.24) is 0 Å². The first kappa shape index (κ1) is 16.4. The van der Waals surface area contributed by atoms with Gasteiger partial charge in [0.2, 0.25) is 5.72 Å². The highest BCUT2D eigenvalue weighted by Gasteiger charge is 2.59. The Hall–Kier alpha value is -2.81. The summed E-state index contributed by atoms with van der Waals surface area (Å²) in [4.78, 5) is 7.22. The van der Waals surface area contributed by atoms with Gasteiger partial charge in [-0.1, -0.05) is 42.5 Å². The highest BCUT2D eigenvalue weighted by molar-refractivity contribution is 6.00. The minimum Gasteiger partial charge on any atom is -0.459 e. The molecule has 136 valence electrons. The minimum atomic E-state index is -0.637. The van der Waals surface area contributed by atoms with E-state index >= 15 is 0 Å². The highest BCUT2D eigenvalue weighted by Crippen LogP contribution is 2.55. The molecule has 2 aliphatic rings. The van der Waals surface area contributed by atoms with Crippen molar-refractivity contribution in [3.05, 3.63) is 65.2 Å². The van der Waals surface area contributed by atoms with Crippen LogP contribution in [0.15, 0.2) is 53.5 Å². The second-order valence-corrected chi connectivity index (χ2v) is 8.30. The van der Waals surface area contributed by atoms with E-state index in [4.69, 9.17) is 9.73 Å². The molecule has 3 aromatic carbocycles. The van der Waals surface area contributed by atoms with E-state index < -0.39 is 5.72 Å². The van der Waals surface area contributed by atoms with E-state index in [9.17, 15) is 0 Å². The van der Waals surface area contributed by atoms with Gasteiger partial charge in [-0.3, -0.25) is 4.99 Å². The topological polar surface area (TPSA) is 24.8 Å². The van der Waals surface area contributed by atoms with Crippen molar-refractivity contribution in [3.8, 4) is 5.75 Å². The van der Waals surface area contributed by atoms with Gasteiger partial charge < -0.3 is 9.64 Å². The number of nitrogens with zero attached hydrogens (tertiary/aromatic N) is 2. The molecule has 2 heterocycles. The smallest absolute Gasteiger partial charge is 0.228 e. The predicted octanol–water partition coefficient (Wildman–Crippen LogP) is 5.68. The Bertz CT molecular complexity index is 1130. The number of ether oxygens (including phenoxy) is 1. The molecule has 0 saturated heterocycles. The van der Waals surface area contributed by atoms with Gasteiger partial charge in [0.05, 0.1) is 11.6 Å². The largest absolute Gasteiger partial charge is 0.459 e. The summed E-state index contributed by atoms with van der Waals surface area (Å²) in [7, 11) is 2.12. The van der Waals surface area contributed by atoms with Gasteiger partial charge in [-0.25, -0.2) is 0 Å². The van der Waals surface area contributed by atoms with Crippen molar-refractivity contribution >= 4 is 28.4 Å². The van der Waals surface area contributed by atoms with E-state index in [0.29, 0.717) is 0 Å². The number of rotatable bonds is 0. The molecule has 5 rings (SSSR count). The van der Waals surface area contributed by atoms with Crippen LogP contribution in [0.4, 0.5) is 11.4 Å². The summed E-state index contributed by atoms with van der Waals surface area (Å²) in [5, 5.41) is 2.31. The summed E-state index contributed by atoms with van der Waals surface area (Å²) in [6.45, 7) is 8.89. The summed E-state index contributed by atoms with van der Waals surface area (Å²) in [5.41, 5.74) is 5.22. The molecule has 0 aliphatic carbocycles. The third-order valence-corrected chi connectivity index (χ3v) is 6.44.